The van der Waals surface area contributed by atoms with Crippen molar-refractivity contribution in [1.82, 2.24) is 9.97 Å². The largest absolute Gasteiger partial charge is 0.373 e. The second-order valence-corrected chi connectivity index (χ2v) is 4.26. The molecule has 2 aromatic rings. The first-order valence-corrected chi connectivity index (χ1v) is 6.08. The number of hydrogen-bond acceptors (Lipinski definition) is 6. The summed E-state index contributed by atoms with van der Waals surface area (Å²) < 4.78 is 0. The number of nitro groups is 1. The van der Waals surface area contributed by atoms with Gasteiger partial charge in [0, 0.05) is 25.5 Å². The summed E-state index contributed by atoms with van der Waals surface area (Å²) in [4.78, 5) is 18.8. The van der Waals surface area contributed by atoms with E-state index < -0.39 is 4.92 Å². The van der Waals surface area contributed by atoms with E-state index >= 15 is 0 Å². The zero-order valence-electron chi connectivity index (χ0n) is 11.3. The summed E-state index contributed by atoms with van der Waals surface area (Å²) in [5.74, 6) is 0.896. The Labute approximate surface area is 116 Å². The van der Waals surface area contributed by atoms with Gasteiger partial charge in [-0.1, -0.05) is 6.07 Å². The third-order valence-electron chi connectivity index (χ3n) is 2.72. The normalized spacial score (nSPS) is 10.1. The number of pyridine rings is 2. The fourth-order valence-electron chi connectivity index (χ4n) is 1.64. The second kappa shape index (κ2) is 5.96. The molecule has 0 amide bonds. The fraction of sp³-hybridized carbons (Fsp3) is 0.231. The molecule has 2 rings (SSSR count). The molecule has 104 valence electrons. The lowest BCUT2D eigenvalue weighted by molar-refractivity contribution is -0.384. The van der Waals surface area contributed by atoms with Crippen molar-refractivity contribution in [2.45, 2.75) is 13.5 Å². The molecule has 7 heteroatoms. The van der Waals surface area contributed by atoms with Gasteiger partial charge in [-0.25, -0.2) is 4.98 Å². The smallest absolute Gasteiger partial charge is 0.276 e. The molecule has 0 aliphatic heterocycles. The van der Waals surface area contributed by atoms with Crippen LogP contribution in [0.4, 0.5) is 17.3 Å². The predicted molar refractivity (Wildman–Crippen MR) is 76.7 cm³/mol. The van der Waals surface area contributed by atoms with Gasteiger partial charge in [-0.05, 0) is 18.6 Å². The molecule has 0 fully saturated rings. The van der Waals surface area contributed by atoms with E-state index in [1.165, 1.54) is 12.1 Å². The average Bonchev–Trinajstić information content (AvgIpc) is 2.46. The van der Waals surface area contributed by atoms with E-state index in [0.717, 1.165) is 11.3 Å². The van der Waals surface area contributed by atoms with Crippen LogP contribution in [0.5, 0.6) is 0 Å². The summed E-state index contributed by atoms with van der Waals surface area (Å²) in [6, 6.07) is 6.66. The molecular formula is C13H15N5O2. The highest BCUT2D eigenvalue weighted by Gasteiger charge is 2.10. The van der Waals surface area contributed by atoms with Gasteiger partial charge in [0.25, 0.3) is 5.69 Å². The standard InChI is InChI=1S/C13H15N5O2/c1-9-3-4-10(7-15-9)8-16-13-6-11(18(19)20)5-12(14-2)17-13/h3-7H,8H2,1-2H3,(H2,14,16,17). The van der Waals surface area contributed by atoms with Crippen molar-refractivity contribution < 1.29 is 4.92 Å². The van der Waals surface area contributed by atoms with Gasteiger partial charge in [-0.15, -0.1) is 0 Å². The molecule has 7 nitrogen and oxygen atoms in total. The number of nitrogens with one attached hydrogen (secondary N) is 2. The molecule has 0 aliphatic rings. The number of hydrogen-bond donors (Lipinski definition) is 2. The number of anilines is 2. The Morgan fingerprint density at radius 1 is 1.30 bits per heavy atom. The van der Waals surface area contributed by atoms with Gasteiger partial charge in [0.2, 0.25) is 0 Å². The van der Waals surface area contributed by atoms with Crippen LogP contribution in [0.1, 0.15) is 11.3 Å². The van der Waals surface area contributed by atoms with Gasteiger partial charge in [0.05, 0.1) is 17.1 Å². The first-order valence-electron chi connectivity index (χ1n) is 6.08. The van der Waals surface area contributed by atoms with Crippen LogP contribution in [0.25, 0.3) is 0 Å². The minimum atomic E-state index is -0.443. The molecule has 0 radical (unpaired) electrons. The van der Waals surface area contributed by atoms with Crippen molar-refractivity contribution >= 4 is 17.3 Å². The molecule has 0 spiro atoms. The lowest BCUT2D eigenvalue weighted by atomic mass is 10.2. The Hall–Kier alpha value is -2.70. The number of nitrogens with zero attached hydrogens (tertiary/aromatic N) is 3. The lowest BCUT2D eigenvalue weighted by Gasteiger charge is -2.07. The van der Waals surface area contributed by atoms with E-state index in [1.807, 2.05) is 19.1 Å². The molecule has 20 heavy (non-hydrogen) atoms. The predicted octanol–water partition coefficient (Wildman–Crippen LogP) is 2.35. The van der Waals surface area contributed by atoms with Gasteiger partial charge in [0.1, 0.15) is 11.6 Å². The van der Waals surface area contributed by atoms with Gasteiger partial charge in [-0.3, -0.25) is 15.1 Å². The van der Waals surface area contributed by atoms with Crippen LogP contribution in [0.15, 0.2) is 30.5 Å². The Balaban J connectivity index is 2.14. The summed E-state index contributed by atoms with van der Waals surface area (Å²) in [7, 11) is 1.67. The fourth-order valence-corrected chi connectivity index (χ4v) is 1.64. The molecule has 0 aliphatic carbocycles. The highest BCUT2D eigenvalue weighted by molar-refractivity contribution is 5.54. The monoisotopic (exact) mass is 273 g/mol. The zero-order valence-corrected chi connectivity index (χ0v) is 11.3. The van der Waals surface area contributed by atoms with Crippen molar-refractivity contribution in [3.63, 3.8) is 0 Å². The van der Waals surface area contributed by atoms with Crippen molar-refractivity contribution in [1.29, 1.82) is 0 Å². The number of aromatic nitrogens is 2. The zero-order chi connectivity index (χ0) is 14.5. The van der Waals surface area contributed by atoms with E-state index in [1.54, 1.807) is 13.2 Å². The third-order valence-corrected chi connectivity index (χ3v) is 2.72. The first-order chi connectivity index (χ1) is 9.58. The van der Waals surface area contributed by atoms with Crippen molar-refractivity contribution in [3.05, 3.63) is 51.8 Å². The maximum atomic E-state index is 10.8. The SMILES string of the molecule is CNc1cc([N+](=O)[O-])cc(NCc2ccc(C)nc2)n1. The van der Waals surface area contributed by atoms with Crippen molar-refractivity contribution in [2.24, 2.45) is 0 Å². The van der Waals surface area contributed by atoms with Crippen LogP contribution in [0.2, 0.25) is 0 Å². The van der Waals surface area contributed by atoms with Crippen LogP contribution in [0, 0.1) is 17.0 Å². The summed E-state index contributed by atoms with van der Waals surface area (Å²) in [6.07, 6.45) is 1.76. The van der Waals surface area contributed by atoms with Crippen molar-refractivity contribution in [2.75, 3.05) is 17.7 Å². The summed E-state index contributed by atoms with van der Waals surface area (Å²) >= 11 is 0. The molecule has 2 N–H and O–H groups in total. The van der Waals surface area contributed by atoms with Gasteiger partial charge in [-0.2, -0.15) is 0 Å². The Kier molecular flexibility index (Phi) is 4.09. The van der Waals surface area contributed by atoms with Crippen LogP contribution in [0.3, 0.4) is 0 Å². The number of rotatable bonds is 5. The quantitative estimate of drug-likeness (QED) is 0.641. The molecule has 0 atom stereocenters. The summed E-state index contributed by atoms with van der Waals surface area (Å²) in [5, 5.41) is 16.7. The van der Waals surface area contributed by atoms with Crippen LogP contribution in [-0.4, -0.2) is 21.9 Å². The van der Waals surface area contributed by atoms with E-state index in [2.05, 4.69) is 20.6 Å². The van der Waals surface area contributed by atoms with Gasteiger partial charge >= 0.3 is 0 Å². The highest BCUT2D eigenvalue weighted by Crippen LogP contribution is 2.20. The minimum Gasteiger partial charge on any atom is -0.373 e. The van der Waals surface area contributed by atoms with Crippen LogP contribution in [-0.2, 0) is 6.54 Å². The van der Waals surface area contributed by atoms with Gasteiger partial charge in [0.15, 0.2) is 0 Å². The lowest BCUT2D eigenvalue weighted by Crippen LogP contribution is -2.04. The molecule has 0 saturated carbocycles. The molecule has 0 aromatic carbocycles. The number of aryl methyl sites for hydroxylation is 1. The van der Waals surface area contributed by atoms with Crippen molar-refractivity contribution in [3.8, 4) is 0 Å². The first kappa shape index (κ1) is 13.7. The second-order valence-electron chi connectivity index (χ2n) is 4.26. The van der Waals surface area contributed by atoms with Gasteiger partial charge < -0.3 is 10.6 Å². The summed E-state index contributed by atoms with van der Waals surface area (Å²) in [5.41, 5.74) is 1.92. The van der Waals surface area contributed by atoms with E-state index in [0.29, 0.717) is 18.2 Å². The minimum absolute atomic E-state index is 0.00567. The molecule has 0 saturated heterocycles. The third kappa shape index (κ3) is 3.41. The maximum absolute atomic E-state index is 10.8. The molecule has 0 bridgehead atoms. The van der Waals surface area contributed by atoms with E-state index in [9.17, 15) is 10.1 Å². The summed E-state index contributed by atoms with van der Waals surface area (Å²) in [6.45, 7) is 2.42. The van der Waals surface area contributed by atoms with Crippen LogP contribution < -0.4 is 10.6 Å². The molecule has 2 aromatic heterocycles. The van der Waals surface area contributed by atoms with Crippen LogP contribution >= 0.6 is 0 Å². The maximum Gasteiger partial charge on any atom is 0.276 e. The van der Waals surface area contributed by atoms with E-state index in [-0.39, 0.29) is 5.69 Å². The highest BCUT2D eigenvalue weighted by atomic mass is 16.6. The topological polar surface area (TPSA) is 93.0 Å². The Morgan fingerprint density at radius 2 is 2.05 bits per heavy atom. The Bertz CT molecular complexity index is 613. The van der Waals surface area contributed by atoms with E-state index in [4.69, 9.17) is 0 Å². The average molecular weight is 273 g/mol. The Morgan fingerprint density at radius 3 is 2.65 bits per heavy atom. The molecular weight excluding hydrogens is 258 g/mol. The molecule has 0 unspecified atom stereocenters. The molecule has 2 heterocycles.